The summed E-state index contributed by atoms with van der Waals surface area (Å²) < 4.78 is 0. The highest BCUT2D eigenvalue weighted by molar-refractivity contribution is 6.04. The summed E-state index contributed by atoms with van der Waals surface area (Å²) in [7, 11) is 3.79. The molecular weight excluding hydrogens is 272 g/mol. The summed E-state index contributed by atoms with van der Waals surface area (Å²) in [5.41, 5.74) is 3.08. The summed E-state index contributed by atoms with van der Waals surface area (Å²) >= 11 is 0. The van der Waals surface area contributed by atoms with E-state index in [9.17, 15) is 4.79 Å². The molecule has 0 aliphatic carbocycles. The molecule has 2 aromatic rings. The van der Waals surface area contributed by atoms with E-state index in [1.165, 1.54) is 5.56 Å². The van der Waals surface area contributed by atoms with Crippen LogP contribution in [0.3, 0.4) is 0 Å². The molecule has 0 spiro atoms. The van der Waals surface area contributed by atoms with Gasteiger partial charge >= 0.3 is 0 Å². The maximum atomic E-state index is 12.1. The van der Waals surface area contributed by atoms with E-state index in [4.69, 9.17) is 0 Å². The van der Waals surface area contributed by atoms with Crippen molar-refractivity contribution in [2.24, 2.45) is 0 Å². The molecule has 0 radical (unpaired) electrons. The molecule has 0 saturated heterocycles. The van der Waals surface area contributed by atoms with Gasteiger partial charge in [0.05, 0.1) is 0 Å². The van der Waals surface area contributed by atoms with Gasteiger partial charge in [-0.05, 0) is 17.2 Å². The lowest BCUT2D eigenvalue weighted by molar-refractivity contribution is 0.104. The molecule has 3 nitrogen and oxygen atoms in total. The Kier molecular flexibility index (Phi) is 5.92. The number of carbonyl (C=O) groups is 1. The number of nitrogens with one attached hydrogen (secondary N) is 1. The van der Waals surface area contributed by atoms with E-state index in [0.717, 1.165) is 24.2 Å². The molecule has 0 bridgehead atoms. The molecular formula is C19H22N2O. The fraction of sp³-hybridized carbons (Fsp3) is 0.211. The van der Waals surface area contributed by atoms with E-state index in [0.29, 0.717) is 0 Å². The Labute approximate surface area is 132 Å². The average Bonchev–Trinajstić information content (AvgIpc) is 2.54. The topological polar surface area (TPSA) is 32.3 Å². The minimum absolute atomic E-state index is 0.0265. The predicted molar refractivity (Wildman–Crippen MR) is 90.6 cm³/mol. The van der Waals surface area contributed by atoms with Crippen LogP contribution in [0.25, 0.3) is 0 Å². The van der Waals surface area contributed by atoms with Crippen LogP contribution in [0.1, 0.15) is 21.5 Å². The van der Waals surface area contributed by atoms with Gasteiger partial charge in [-0.15, -0.1) is 0 Å². The van der Waals surface area contributed by atoms with Crippen molar-refractivity contribution in [1.82, 2.24) is 10.2 Å². The Bertz CT molecular complexity index is 633. The Balaban J connectivity index is 1.92. The monoisotopic (exact) mass is 294 g/mol. The van der Waals surface area contributed by atoms with Crippen LogP contribution < -0.4 is 5.32 Å². The minimum Gasteiger partial charge on any atom is -0.383 e. The highest BCUT2D eigenvalue weighted by atomic mass is 16.1. The van der Waals surface area contributed by atoms with E-state index >= 15 is 0 Å². The fourth-order valence-electron chi connectivity index (χ4n) is 2.09. The first-order chi connectivity index (χ1) is 10.6. The lowest BCUT2D eigenvalue weighted by Crippen LogP contribution is -2.13. The normalized spacial score (nSPS) is 10.8. The van der Waals surface area contributed by atoms with Gasteiger partial charge in [-0.25, -0.2) is 0 Å². The van der Waals surface area contributed by atoms with Crippen LogP contribution in [0.5, 0.6) is 0 Å². The molecule has 2 rings (SSSR count). The zero-order chi connectivity index (χ0) is 15.8. The van der Waals surface area contributed by atoms with Gasteiger partial charge in [0, 0.05) is 45.0 Å². The third-order valence-electron chi connectivity index (χ3n) is 3.24. The number of allylic oxidation sites excluding steroid dienone is 1. The van der Waals surface area contributed by atoms with Gasteiger partial charge in [0.25, 0.3) is 0 Å². The van der Waals surface area contributed by atoms with E-state index in [-0.39, 0.29) is 5.78 Å². The molecule has 22 heavy (non-hydrogen) atoms. The van der Waals surface area contributed by atoms with Gasteiger partial charge in [-0.2, -0.15) is 0 Å². The number of hydrogen-bond donors (Lipinski definition) is 1. The molecule has 0 aromatic heterocycles. The van der Waals surface area contributed by atoms with E-state index in [1.807, 2.05) is 61.5 Å². The first-order valence-corrected chi connectivity index (χ1v) is 7.38. The summed E-state index contributed by atoms with van der Waals surface area (Å²) in [5, 5.41) is 3.40. The predicted octanol–water partition coefficient (Wildman–Crippen LogP) is 3.23. The Morgan fingerprint density at radius 3 is 2.41 bits per heavy atom. The van der Waals surface area contributed by atoms with Gasteiger partial charge < -0.3 is 10.2 Å². The van der Waals surface area contributed by atoms with Gasteiger partial charge in [-0.3, -0.25) is 4.79 Å². The molecule has 2 aromatic carbocycles. The smallest absolute Gasteiger partial charge is 0.187 e. The van der Waals surface area contributed by atoms with E-state index in [1.54, 1.807) is 12.3 Å². The van der Waals surface area contributed by atoms with Crippen molar-refractivity contribution in [3.8, 4) is 0 Å². The zero-order valence-corrected chi connectivity index (χ0v) is 13.1. The number of ketones is 1. The van der Waals surface area contributed by atoms with Crippen LogP contribution >= 0.6 is 0 Å². The molecule has 0 unspecified atom stereocenters. The lowest BCUT2D eigenvalue weighted by Gasteiger charge is -2.07. The van der Waals surface area contributed by atoms with Crippen molar-refractivity contribution in [2.45, 2.75) is 13.1 Å². The number of nitrogens with zero attached hydrogens (tertiary/aromatic N) is 1. The lowest BCUT2D eigenvalue weighted by atomic mass is 10.1. The van der Waals surface area contributed by atoms with Gasteiger partial charge in [-0.1, -0.05) is 48.5 Å². The third-order valence-corrected chi connectivity index (χ3v) is 3.24. The summed E-state index contributed by atoms with van der Waals surface area (Å²) in [4.78, 5) is 13.9. The average molecular weight is 294 g/mol. The standard InChI is InChI=1S/C19H22N2O/c1-21(2)12-11-19(22)18-10-6-9-17(13-18)15-20-14-16-7-4-3-5-8-16/h3-13,20H,14-15H2,1-2H3. The molecule has 0 aliphatic rings. The van der Waals surface area contributed by atoms with Crippen LogP contribution in [0, 0.1) is 0 Å². The molecule has 3 heteroatoms. The van der Waals surface area contributed by atoms with Crippen molar-refractivity contribution >= 4 is 5.78 Å². The molecule has 0 fully saturated rings. The molecule has 0 heterocycles. The molecule has 0 saturated carbocycles. The Morgan fingerprint density at radius 1 is 1.00 bits per heavy atom. The van der Waals surface area contributed by atoms with E-state index in [2.05, 4.69) is 17.4 Å². The Morgan fingerprint density at radius 2 is 1.68 bits per heavy atom. The van der Waals surface area contributed by atoms with Gasteiger partial charge in [0.15, 0.2) is 5.78 Å². The molecule has 1 N–H and O–H groups in total. The first kappa shape index (κ1) is 16.0. The number of rotatable bonds is 7. The van der Waals surface area contributed by atoms with Crippen molar-refractivity contribution in [3.63, 3.8) is 0 Å². The molecule has 0 aliphatic heterocycles. The quantitative estimate of drug-likeness (QED) is 0.628. The highest BCUT2D eigenvalue weighted by Crippen LogP contribution is 2.07. The second-order valence-electron chi connectivity index (χ2n) is 5.43. The van der Waals surface area contributed by atoms with Crippen molar-refractivity contribution in [2.75, 3.05) is 14.1 Å². The zero-order valence-electron chi connectivity index (χ0n) is 13.1. The number of hydrogen-bond acceptors (Lipinski definition) is 3. The fourth-order valence-corrected chi connectivity index (χ4v) is 2.09. The van der Waals surface area contributed by atoms with Crippen LogP contribution in [-0.2, 0) is 13.1 Å². The number of benzene rings is 2. The summed E-state index contributed by atoms with van der Waals surface area (Å²) in [5.74, 6) is 0.0265. The van der Waals surface area contributed by atoms with Crippen molar-refractivity contribution < 1.29 is 4.79 Å². The molecule has 0 amide bonds. The third kappa shape index (κ3) is 5.19. The van der Waals surface area contributed by atoms with Gasteiger partial charge in [0.2, 0.25) is 0 Å². The van der Waals surface area contributed by atoms with Crippen LogP contribution in [0.15, 0.2) is 66.9 Å². The largest absolute Gasteiger partial charge is 0.383 e. The second kappa shape index (κ2) is 8.15. The maximum absolute atomic E-state index is 12.1. The molecule has 114 valence electrons. The summed E-state index contributed by atoms with van der Waals surface area (Å²) in [6.45, 7) is 1.56. The summed E-state index contributed by atoms with van der Waals surface area (Å²) in [6.07, 6.45) is 3.36. The van der Waals surface area contributed by atoms with Crippen LogP contribution in [0.2, 0.25) is 0 Å². The van der Waals surface area contributed by atoms with Crippen molar-refractivity contribution in [1.29, 1.82) is 0 Å². The van der Waals surface area contributed by atoms with Gasteiger partial charge in [0.1, 0.15) is 0 Å². The number of carbonyl (C=O) groups excluding carboxylic acids is 1. The molecule has 0 atom stereocenters. The summed E-state index contributed by atoms with van der Waals surface area (Å²) in [6, 6.07) is 18.0. The maximum Gasteiger partial charge on any atom is 0.187 e. The second-order valence-corrected chi connectivity index (χ2v) is 5.43. The van der Waals surface area contributed by atoms with Crippen LogP contribution in [-0.4, -0.2) is 24.8 Å². The van der Waals surface area contributed by atoms with Crippen molar-refractivity contribution in [3.05, 3.63) is 83.6 Å². The SMILES string of the molecule is CN(C)C=CC(=O)c1cccc(CNCc2ccccc2)c1. The van der Waals surface area contributed by atoms with E-state index < -0.39 is 0 Å². The minimum atomic E-state index is 0.0265. The van der Waals surface area contributed by atoms with Crippen LogP contribution in [0.4, 0.5) is 0 Å². The first-order valence-electron chi connectivity index (χ1n) is 7.38. The highest BCUT2D eigenvalue weighted by Gasteiger charge is 2.03. The Hall–Kier alpha value is -2.39.